The molecule has 2 aromatic rings. The van der Waals surface area contributed by atoms with Gasteiger partial charge in [-0.1, -0.05) is 72.8 Å². The minimum absolute atomic E-state index is 0.375. The van der Waals surface area contributed by atoms with Crippen LogP contribution in [0.25, 0.3) is 5.57 Å². The highest BCUT2D eigenvalue weighted by atomic mass is 35.5. The lowest BCUT2D eigenvalue weighted by atomic mass is 9.89. The number of hydrogen-bond donors (Lipinski definition) is 2. The average Bonchev–Trinajstić information content (AvgIpc) is 2.86. The predicted octanol–water partition coefficient (Wildman–Crippen LogP) is 7.34. The SMILES string of the molecule is C=CC=Nc1cc(C(=C/NN)/C(Cl)=N/C(C)=C(/Cc2ccccc2)C2=CCCCC2)ccc1C. The van der Waals surface area contributed by atoms with Crippen LogP contribution in [-0.2, 0) is 6.42 Å². The van der Waals surface area contributed by atoms with Gasteiger partial charge in [-0.25, -0.2) is 4.99 Å². The molecule has 1 aliphatic carbocycles. The summed E-state index contributed by atoms with van der Waals surface area (Å²) in [6, 6.07) is 16.5. The van der Waals surface area contributed by atoms with Gasteiger partial charge in [0.1, 0.15) is 5.17 Å². The van der Waals surface area contributed by atoms with Crippen molar-refractivity contribution in [3.8, 4) is 0 Å². The van der Waals surface area contributed by atoms with Gasteiger partial charge in [-0.3, -0.25) is 10.8 Å². The van der Waals surface area contributed by atoms with Gasteiger partial charge in [-0.05, 0) is 79.9 Å². The van der Waals surface area contributed by atoms with E-state index in [1.165, 1.54) is 29.6 Å². The molecule has 1 aliphatic rings. The van der Waals surface area contributed by atoms with Crippen LogP contribution < -0.4 is 11.3 Å². The number of nitrogens with one attached hydrogen (secondary N) is 1. The van der Waals surface area contributed by atoms with Crippen LogP contribution in [0.2, 0.25) is 0 Å². The number of aliphatic imine (C=N–C) groups is 2. The topological polar surface area (TPSA) is 62.8 Å². The zero-order valence-corrected chi connectivity index (χ0v) is 20.8. The van der Waals surface area contributed by atoms with E-state index in [1.807, 2.05) is 38.1 Å². The second-order valence-corrected chi connectivity index (χ2v) is 8.70. The molecule has 0 unspecified atom stereocenters. The van der Waals surface area contributed by atoms with Crippen LogP contribution in [0.3, 0.4) is 0 Å². The van der Waals surface area contributed by atoms with Crippen molar-refractivity contribution in [3.63, 3.8) is 0 Å². The quantitative estimate of drug-likeness (QED) is 0.228. The molecule has 0 radical (unpaired) electrons. The van der Waals surface area contributed by atoms with Crippen LogP contribution in [0.5, 0.6) is 0 Å². The van der Waals surface area contributed by atoms with Crippen molar-refractivity contribution in [1.82, 2.24) is 5.43 Å². The molecule has 0 heterocycles. The number of nitrogens with two attached hydrogens (primary N) is 1. The van der Waals surface area contributed by atoms with Gasteiger partial charge in [0.05, 0.1) is 5.69 Å². The molecule has 0 fully saturated rings. The van der Waals surface area contributed by atoms with E-state index in [1.54, 1.807) is 18.5 Å². The van der Waals surface area contributed by atoms with Gasteiger partial charge in [0.2, 0.25) is 0 Å². The summed E-state index contributed by atoms with van der Waals surface area (Å²) in [6.07, 6.45) is 12.8. The van der Waals surface area contributed by atoms with Crippen LogP contribution in [0.4, 0.5) is 5.69 Å². The monoisotopic (exact) mass is 472 g/mol. The van der Waals surface area contributed by atoms with E-state index >= 15 is 0 Å². The fourth-order valence-corrected chi connectivity index (χ4v) is 4.35. The second-order valence-electron chi connectivity index (χ2n) is 8.34. The van der Waals surface area contributed by atoms with Gasteiger partial charge in [-0.2, -0.15) is 0 Å². The number of hydrogen-bond acceptors (Lipinski definition) is 4. The first-order chi connectivity index (χ1) is 16.5. The molecule has 2 aromatic carbocycles. The maximum Gasteiger partial charge on any atom is 0.138 e. The molecule has 0 spiro atoms. The van der Waals surface area contributed by atoms with Gasteiger partial charge in [-0.15, -0.1) is 0 Å². The number of aryl methyl sites for hydroxylation is 1. The number of allylic oxidation sites excluding steroid dienone is 6. The van der Waals surface area contributed by atoms with Gasteiger partial charge in [0.25, 0.3) is 0 Å². The molecule has 4 nitrogen and oxygen atoms in total. The van der Waals surface area contributed by atoms with Crippen LogP contribution >= 0.6 is 11.6 Å². The fraction of sp³-hybridized carbons (Fsp3) is 0.241. The molecule has 0 aromatic heterocycles. The summed E-state index contributed by atoms with van der Waals surface area (Å²) in [7, 11) is 0. The van der Waals surface area contributed by atoms with Crippen molar-refractivity contribution in [3.05, 3.63) is 107 Å². The third-order valence-corrected chi connectivity index (χ3v) is 6.18. The molecule has 3 N–H and O–H groups in total. The Hall–Kier alpha value is -3.21. The highest BCUT2D eigenvalue weighted by Gasteiger charge is 2.15. The summed E-state index contributed by atoms with van der Waals surface area (Å²) in [4.78, 5) is 9.32. The number of nitrogens with zero attached hydrogens (tertiary/aromatic N) is 2. The first-order valence-electron chi connectivity index (χ1n) is 11.6. The Balaban J connectivity index is 2.03. The molecule has 0 saturated heterocycles. The van der Waals surface area contributed by atoms with E-state index in [0.717, 1.165) is 41.8 Å². The van der Waals surface area contributed by atoms with Crippen LogP contribution in [0, 0.1) is 6.92 Å². The summed E-state index contributed by atoms with van der Waals surface area (Å²) < 4.78 is 0. The molecule has 0 bridgehead atoms. The van der Waals surface area contributed by atoms with E-state index < -0.39 is 0 Å². The molecule has 176 valence electrons. The van der Waals surface area contributed by atoms with Gasteiger partial charge in [0.15, 0.2) is 0 Å². The Morgan fingerprint density at radius 2 is 1.97 bits per heavy atom. The van der Waals surface area contributed by atoms with Crippen LogP contribution in [-0.4, -0.2) is 11.4 Å². The molecule has 5 heteroatoms. The van der Waals surface area contributed by atoms with E-state index in [2.05, 4.69) is 47.3 Å². The predicted molar refractivity (Wildman–Crippen MR) is 148 cm³/mol. The zero-order valence-electron chi connectivity index (χ0n) is 20.0. The van der Waals surface area contributed by atoms with Crippen molar-refractivity contribution < 1.29 is 0 Å². The minimum Gasteiger partial charge on any atom is -0.331 e. The van der Waals surface area contributed by atoms with E-state index in [9.17, 15) is 0 Å². The molecular formula is C29H33ClN4. The highest BCUT2D eigenvalue weighted by molar-refractivity contribution is 6.76. The Morgan fingerprint density at radius 1 is 1.18 bits per heavy atom. The lowest BCUT2D eigenvalue weighted by Crippen LogP contribution is -2.15. The summed E-state index contributed by atoms with van der Waals surface area (Å²) in [5.41, 5.74) is 10.9. The Labute approximate surface area is 208 Å². The molecule has 0 atom stereocenters. The average molecular weight is 473 g/mol. The largest absolute Gasteiger partial charge is 0.331 e. The Morgan fingerprint density at radius 3 is 2.65 bits per heavy atom. The minimum atomic E-state index is 0.375. The van der Waals surface area contributed by atoms with E-state index in [0.29, 0.717) is 10.7 Å². The summed E-state index contributed by atoms with van der Waals surface area (Å²) in [6.45, 7) is 7.76. The van der Waals surface area contributed by atoms with Crippen LogP contribution in [0.15, 0.2) is 100 Å². The molecule has 0 amide bonds. The molecule has 0 saturated carbocycles. The third kappa shape index (κ3) is 6.89. The number of rotatable bonds is 9. The normalized spacial score (nSPS) is 15.7. The second kappa shape index (κ2) is 12.9. The smallest absolute Gasteiger partial charge is 0.138 e. The van der Waals surface area contributed by atoms with Crippen LogP contribution in [0.1, 0.15) is 49.3 Å². The number of halogens is 1. The highest BCUT2D eigenvalue weighted by Crippen LogP contribution is 2.31. The van der Waals surface area contributed by atoms with Crippen molar-refractivity contribution in [1.29, 1.82) is 0 Å². The first-order valence-corrected chi connectivity index (χ1v) is 12.0. The molecule has 0 aliphatic heterocycles. The lowest BCUT2D eigenvalue weighted by Gasteiger charge is -2.18. The van der Waals surface area contributed by atoms with Gasteiger partial charge >= 0.3 is 0 Å². The molecular weight excluding hydrogens is 440 g/mol. The van der Waals surface area contributed by atoms with Gasteiger partial charge in [0, 0.05) is 23.7 Å². The first kappa shape index (κ1) is 25.4. The standard InChI is InChI=1S/C29H33ClN4/c1-4-17-32-28-19-25(16-15-21(28)2)27(20-33-31)29(30)34-22(3)26(24-13-9-6-10-14-24)18-23-11-7-5-8-12-23/h4-5,7-8,11-13,15-17,19-20,33H,1,6,9-10,14,18,31H2,2-3H3/b26-22-,27-20-,32-17?,34-29-. The van der Waals surface area contributed by atoms with Crippen molar-refractivity contribution in [2.45, 2.75) is 46.0 Å². The summed E-state index contributed by atoms with van der Waals surface area (Å²) in [5, 5.41) is 0.375. The zero-order chi connectivity index (χ0) is 24.3. The Kier molecular flexibility index (Phi) is 9.62. The van der Waals surface area contributed by atoms with E-state index in [4.69, 9.17) is 22.4 Å². The molecule has 3 rings (SSSR count). The van der Waals surface area contributed by atoms with Crippen molar-refractivity contribution in [2.75, 3.05) is 0 Å². The summed E-state index contributed by atoms with van der Waals surface area (Å²) >= 11 is 6.82. The number of hydrazine groups is 1. The molecule has 34 heavy (non-hydrogen) atoms. The lowest BCUT2D eigenvalue weighted by molar-refractivity contribution is 0.701. The maximum atomic E-state index is 6.82. The van der Waals surface area contributed by atoms with Crippen molar-refractivity contribution >= 4 is 34.2 Å². The summed E-state index contributed by atoms with van der Waals surface area (Å²) in [5.74, 6) is 5.66. The van der Waals surface area contributed by atoms with E-state index in [-0.39, 0.29) is 0 Å². The van der Waals surface area contributed by atoms with Gasteiger partial charge < -0.3 is 5.43 Å². The Bertz CT molecular complexity index is 1150. The maximum absolute atomic E-state index is 6.82. The number of benzene rings is 2. The third-order valence-electron chi connectivity index (χ3n) is 5.89. The fourth-order valence-electron chi connectivity index (χ4n) is 4.06. The van der Waals surface area contributed by atoms with Crippen molar-refractivity contribution in [2.24, 2.45) is 15.8 Å².